The largest absolute Gasteiger partial charge is 0.494 e. The molecule has 2 aromatic carbocycles. The number of hydrogen-bond acceptors (Lipinski definition) is 3. The van der Waals surface area contributed by atoms with E-state index in [1.807, 2.05) is 37.4 Å². The summed E-state index contributed by atoms with van der Waals surface area (Å²) >= 11 is 0. The Balaban J connectivity index is 1.49. The van der Waals surface area contributed by atoms with Gasteiger partial charge in [-0.15, -0.1) is 0 Å². The Morgan fingerprint density at radius 3 is 2.58 bits per heavy atom. The van der Waals surface area contributed by atoms with Gasteiger partial charge in [-0.25, -0.2) is 0 Å². The van der Waals surface area contributed by atoms with E-state index in [0.29, 0.717) is 0 Å². The average molecular weight is 321 g/mol. The highest BCUT2D eigenvalue weighted by molar-refractivity contribution is 5.60. The molecule has 0 fully saturated rings. The van der Waals surface area contributed by atoms with Gasteiger partial charge in [0.15, 0.2) is 0 Å². The highest BCUT2D eigenvalue weighted by atomic mass is 16.5. The van der Waals surface area contributed by atoms with E-state index >= 15 is 0 Å². The molecular formula is C20H23N3O. The lowest BCUT2D eigenvalue weighted by Crippen LogP contribution is -2.04. The molecule has 0 radical (unpaired) electrons. The first-order chi connectivity index (χ1) is 11.8. The molecule has 0 aliphatic heterocycles. The Morgan fingerprint density at radius 1 is 1.04 bits per heavy atom. The van der Waals surface area contributed by atoms with Gasteiger partial charge < -0.3 is 10.1 Å². The number of ether oxygens (including phenoxy) is 1. The van der Waals surface area contributed by atoms with E-state index in [-0.39, 0.29) is 0 Å². The van der Waals surface area contributed by atoms with Crippen LogP contribution in [-0.4, -0.2) is 23.9 Å². The maximum absolute atomic E-state index is 5.82. The topological polar surface area (TPSA) is 49.9 Å². The zero-order valence-electron chi connectivity index (χ0n) is 14.0. The maximum atomic E-state index is 5.82. The van der Waals surface area contributed by atoms with Crippen LogP contribution >= 0.6 is 0 Å². The van der Waals surface area contributed by atoms with Crippen LogP contribution < -0.4 is 10.1 Å². The Bertz CT molecular complexity index is 735. The molecule has 0 saturated carbocycles. The first-order valence-electron chi connectivity index (χ1n) is 8.31. The summed E-state index contributed by atoms with van der Waals surface area (Å²) in [5.74, 6) is 0.901. The molecule has 0 saturated heterocycles. The van der Waals surface area contributed by atoms with Crippen LogP contribution in [0.2, 0.25) is 0 Å². The summed E-state index contributed by atoms with van der Waals surface area (Å²) in [6, 6.07) is 20.7. The van der Waals surface area contributed by atoms with Crippen molar-refractivity contribution in [2.45, 2.75) is 19.4 Å². The molecule has 2 N–H and O–H groups in total. The minimum atomic E-state index is 0.725. The Hall–Kier alpha value is -2.59. The van der Waals surface area contributed by atoms with Crippen molar-refractivity contribution >= 4 is 0 Å². The van der Waals surface area contributed by atoms with Crippen molar-refractivity contribution in [3.63, 3.8) is 0 Å². The highest BCUT2D eigenvalue weighted by Crippen LogP contribution is 2.21. The predicted octanol–water partition coefficient (Wildman–Crippen LogP) is 3.81. The van der Waals surface area contributed by atoms with Crippen LogP contribution in [0.4, 0.5) is 0 Å². The number of aryl methyl sites for hydroxylation is 1. The number of benzene rings is 2. The molecule has 4 heteroatoms. The van der Waals surface area contributed by atoms with Crippen molar-refractivity contribution in [3.05, 3.63) is 71.9 Å². The third-order valence-corrected chi connectivity index (χ3v) is 3.87. The molecule has 0 atom stereocenters. The van der Waals surface area contributed by atoms with Crippen molar-refractivity contribution in [1.29, 1.82) is 0 Å². The van der Waals surface area contributed by atoms with E-state index < -0.39 is 0 Å². The number of aromatic nitrogens is 2. The third-order valence-electron chi connectivity index (χ3n) is 3.87. The molecule has 1 heterocycles. The zero-order valence-corrected chi connectivity index (χ0v) is 14.0. The predicted molar refractivity (Wildman–Crippen MR) is 97.0 cm³/mol. The van der Waals surface area contributed by atoms with Gasteiger partial charge in [-0.3, -0.25) is 5.10 Å². The van der Waals surface area contributed by atoms with Gasteiger partial charge >= 0.3 is 0 Å². The maximum Gasteiger partial charge on any atom is 0.119 e. The fourth-order valence-electron chi connectivity index (χ4n) is 2.62. The van der Waals surface area contributed by atoms with Crippen molar-refractivity contribution in [3.8, 4) is 17.0 Å². The summed E-state index contributed by atoms with van der Waals surface area (Å²) in [6.07, 6.45) is 2.05. The first kappa shape index (κ1) is 16.3. The normalized spacial score (nSPS) is 10.7. The van der Waals surface area contributed by atoms with Gasteiger partial charge in [0.25, 0.3) is 0 Å². The van der Waals surface area contributed by atoms with Crippen molar-refractivity contribution in [2.24, 2.45) is 0 Å². The molecule has 3 aromatic rings. The molecule has 4 nitrogen and oxygen atoms in total. The summed E-state index contributed by atoms with van der Waals surface area (Å²) in [5, 5.41) is 10.5. The van der Waals surface area contributed by atoms with Crippen LogP contribution in [0, 0.1) is 0 Å². The summed E-state index contributed by atoms with van der Waals surface area (Å²) in [4.78, 5) is 0. The van der Waals surface area contributed by atoms with Crippen LogP contribution in [0.15, 0.2) is 60.7 Å². The lowest BCUT2D eigenvalue weighted by atomic mass is 10.1. The molecule has 0 aliphatic carbocycles. The third kappa shape index (κ3) is 4.46. The average Bonchev–Trinajstić information content (AvgIpc) is 3.09. The molecule has 0 unspecified atom stereocenters. The second kappa shape index (κ2) is 8.31. The molecule has 0 amide bonds. The summed E-state index contributed by atoms with van der Waals surface area (Å²) in [6.45, 7) is 1.51. The molecule has 0 aliphatic rings. The van der Waals surface area contributed by atoms with Crippen LogP contribution in [-0.2, 0) is 13.0 Å². The summed E-state index contributed by atoms with van der Waals surface area (Å²) in [5.41, 5.74) is 4.47. The Morgan fingerprint density at radius 2 is 1.83 bits per heavy atom. The fraction of sp³-hybridized carbons (Fsp3) is 0.250. The second-order valence-electron chi connectivity index (χ2n) is 5.77. The zero-order chi connectivity index (χ0) is 16.6. The molecule has 124 valence electrons. The lowest BCUT2D eigenvalue weighted by Gasteiger charge is -2.07. The Labute approximate surface area is 142 Å². The summed E-state index contributed by atoms with van der Waals surface area (Å²) in [7, 11) is 1.92. The van der Waals surface area contributed by atoms with E-state index in [1.165, 1.54) is 5.56 Å². The number of hydrogen-bond donors (Lipinski definition) is 2. The van der Waals surface area contributed by atoms with Crippen LogP contribution in [0.5, 0.6) is 5.75 Å². The van der Waals surface area contributed by atoms with Gasteiger partial charge in [0.05, 0.1) is 12.3 Å². The molecule has 0 bridgehead atoms. The minimum Gasteiger partial charge on any atom is -0.494 e. The van der Waals surface area contributed by atoms with Crippen LogP contribution in [0.1, 0.15) is 17.7 Å². The quantitative estimate of drug-likeness (QED) is 0.620. The molecule has 24 heavy (non-hydrogen) atoms. The van der Waals surface area contributed by atoms with Gasteiger partial charge in [0, 0.05) is 17.8 Å². The van der Waals surface area contributed by atoms with E-state index in [9.17, 15) is 0 Å². The van der Waals surface area contributed by atoms with E-state index in [2.05, 4.69) is 45.8 Å². The first-order valence-corrected chi connectivity index (χ1v) is 8.31. The Kier molecular flexibility index (Phi) is 5.64. The number of rotatable bonds is 8. The van der Waals surface area contributed by atoms with Crippen molar-refractivity contribution in [1.82, 2.24) is 15.5 Å². The van der Waals surface area contributed by atoms with Gasteiger partial charge in [-0.2, -0.15) is 5.10 Å². The monoisotopic (exact) mass is 321 g/mol. The number of nitrogens with zero attached hydrogens (tertiary/aromatic N) is 1. The number of aromatic amines is 1. The molecule has 1 aromatic heterocycles. The van der Waals surface area contributed by atoms with Gasteiger partial charge in [0.2, 0.25) is 0 Å². The minimum absolute atomic E-state index is 0.725. The van der Waals surface area contributed by atoms with E-state index in [0.717, 1.165) is 48.7 Å². The second-order valence-corrected chi connectivity index (χ2v) is 5.77. The fourth-order valence-corrected chi connectivity index (χ4v) is 2.62. The number of nitrogens with one attached hydrogen (secondary N) is 2. The SMILES string of the molecule is CNCc1cc(-c2ccc(OCCCc3ccccc3)cc2)n[nH]1. The van der Waals surface area contributed by atoms with Crippen molar-refractivity contribution < 1.29 is 4.74 Å². The van der Waals surface area contributed by atoms with E-state index in [1.54, 1.807) is 0 Å². The lowest BCUT2D eigenvalue weighted by molar-refractivity contribution is 0.311. The van der Waals surface area contributed by atoms with Gasteiger partial charge in [-0.1, -0.05) is 30.3 Å². The smallest absolute Gasteiger partial charge is 0.119 e. The van der Waals surface area contributed by atoms with Gasteiger partial charge in [-0.05, 0) is 55.8 Å². The van der Waals surface area contributed by atoms with Crippen LogP contribution in [0.25, 0.3) is 11.3 Å². The number of H-pyrrole nitrogens is 1. The standard InChI is InChI=1S/C20H23N3O/c1-21-15-18-14-20(23-22-18)17-9-11-19(12-10-17)24-13-5-8-16-6-3-2-4-7-16/h2-4,6-7,9-12,14,21H,5,8,13,15H2,1H3,(H,22,23). The molecular weight excluding hydrogens is 298 g/mol. The summed E-state index contributed by atoms with van der Waals surface area (Å²) < 4.78 is 5.82. The molecule has 3 rings (SSSR count). The van der Waals surface area contributed by atoms with Crippen LogP contribution in [0.3, 0.4) is 0 Å². The molecule has 0 spiro atoms. The highest BCUT2D eigenvalue weighted by Gasteiger charge is 2.04. The van der Waals surface area contributed by atoms with Gasteiger partial charge in [0.1, 0.15) is 5.75 Å². The van der Waals surface area contributed by atoms with E-state index in [4.69, 9.17) is 4.74 Å². The van der Waals surface area contributed by atoms with Crippen molar-refractivity contribution in [2.75, 3.05) is 13.7 Å².